The molecule has 13 heteroatoms. The Morgan fingerprint density at radius 2 is 1.74 bits per heavy atom. The van der Waals surface area contributed by atoms with Crippen molar-refractivity contribution in [3.63, 3.8) is 0 Å². The normalized spacial score (nSPS) is 27.0. The summed E-state index contributed by atoms with van der Waals surface area (Å²) in [6.07, 6.45) is 6.96. The van der Waals surface area contributed by atoms with E-state index in [0.29, 0.717) is 29.9 Å². The molecular weight excluding hydrogens is 566 g/mol. The molecule has 230 valence electrons. The van der Waals surface area contributed by atoms with Crippen LogP contribution >= 0.6 is 0 Å². The van der Waals surface area contributed by atoms with Gasteiger partial charge in [-0.25, -0.2) is 27.1 Å². The molecule has 0 spiro atoms. The molecule has 4 aliphatic carbocycles. The Bertz CT molecular complexity index is 1540. The second-order valence-electron chi connectivity index (χ2n) is 13.3. The number of imidazole rings is 1. The second kappa shape index (κ2) is 10.0. The van der Waals surface area contributed by atoms with E-state index in [1.54, 1.807) is 33.9 Å². The third-order valence-electron chi connectivity index (χ3n) is 9.73. The van der Waals surface area contributed by atoms with Crippen LogP contribution in [0.3, 0.4) is 0 Å². The maximum absolute atomic E-state index is 14.1. The Balaban J connectivity index is 1.12. The summed E-state index contributed by atoms with van der Waals surface area (Å²) >= 11 is 0. The van der Waals surface area contributed by atoms with E-state index in [1.807, 2.05) is 19.9 Å². The first-order valence-corrected chi connectivity index (χ1v) is 15.1. The van der Waals surface area contributed by atoms with Gasteiger partial charge in [0.25, 0.3) is 11.8 Å². The van der Waals surface area contributed by atoms with Crippen molar-refractivity contribution in [1.29, 1.82) is 0 Å². The Morgan fingerprint density at radius 1 is 1.02 bits per heavy atom. The first-order chi connectivity index (χ1) is 20.4. The maximum atomic E-state index is 14.1. The summed E-state index contributed by atoms with van der Waals surface area (Å²) in [6, 6.07) is 2.52. The van der Waals surface area contributed by atoms with E-state index in [0.717, 1.165) is 18.4 Å². The summed E-state index contributed by atoms with van der Waals surface area (Å²) in [5.74, 6) is -7.54. The van der Waals surface area contributed by atoms with Gasteiger partial charge in [0, 0.05) is 43.3 Å². The molecule has 43 heavy (non-hydrogen) atoms. The third-order valence-corrected chi connectivity index (χ3v) is 9.73. The molecule has 4 saturated carbocycles. The lowest BCUT2D eigenvalue weighted by Gasteiger charge is -2.34. The lowest BCUT2D eigenvalue weighted by molar-refractivity contribution is -0.134. The number of amides is 2. The monoisotopic (exact) mass is 601 g/mol. The lowest BCUT2D eigenvalue weighted by atomic mass is 9.79. The fourth-order valence-electron chi connectivity index (χ4n) is 7.23. The van der Waals surface area contributed by atoms with E-state index in [4.69, 9.17) is 4.98 Å². The predicted molar refractivity (Wildman–Crippen MR) is 146 cm³/mol. The predicted octanol–water partition coefficient (Wildman–Crippen LogP) is 5.27. The molecule has 3 aromatic heterocycles. The molecule has 3 aromatic rings. The van der Waals surface area contributed by atoms with Crippen LogP contribution in [0.4, 0.5) is 17.6 Å². The van der Waals surface area contributed by atoms with Crippen molar-refractivity contribution >= 4 is 17.5 Å². The Labute approximate surface area is 245 Å². The van der Waals surface area contributed by atoms with Gasteiger partial charge in [-0.1, -0.05) is 0 Å². The van der Waals surface area contributed by atoms with Gasteiger partial charge in [0.05, 0.1) is 30.2 Å². The molecule has 4 aliphatic rings. The van der Waals surface area contributed by atoms with Crippen LogP contribution in [-0.4, -0.2) is 48.0 Å². The van der Waals surface area contributed by atoms with E-state index in [-0.39, 0.29) is 60.9 Å². The highest BCUT2D eigenvalue weighted by Crippen LogP contribution is 2.67. The molecule has 2 N–H and O–H groups in total. The first kappa shape index (κ1) is 28.3. The number of alkyl halides is 4. The van der Waals surface area contributed by atoms with Gasteiger partial charge < -0.3 is 10.6 Å². The molecule has 0 aliphatic heterocycles. The highest BCUT2D eigenvalue weighted by Gasteiger charge is 2.72. The average Bonchev–Trinajstić information content (AvgIpc) is 3.54. The van der Waals surface area contributed by atoms with Crippen molar-refractivity contribution in [3.8, 4) is 0 Å². The number of nitrogens with one attached hydrogen (secondary N) is 2. The molecular formula is C30H35F4N7O2. The fraction of sp³-hybridized carbons (Fsp3) is 0.633. The van der Waals surface area contributed by atoms with Gasteiger partial charge >= 0.3 is 0 Å². The standard InChI is InChI=1S/C30H35F4N7O2/c1-15(2)41-23(5-6-35-41)28(43)39-27(18-8-20-21(9-18)30(20,33)34)22-14-40-24(37-22)10-19(13-36-40)26(17-3-4-17)38-25(42)7-16-11-29(31,32)12-16/h5-6,10,13-18,20-21,26-27H,3-4,7-9,11-12H2,1-2H3,(H,38,42)(H,39,43)/t18?,20-,21+,26?,27-/m0/s1. The van der Waals surface area contributed by atoms with Crippen LogP contribution in [0.2, 0.25) is 0 Å². The van der Waals surface area contributed by atoms with Crippen molar-refractivity contribution in [2.75, 3.05) is 0 Å². The van der Waals surface area contributed by atoms with E-state index < -0.39 is 29.7 Å². The molecule has 2 amide bonds. The number of aromatic nitrogens is 5. The Kier molecular flexibility index (Phi) is 6.59. The van der Waals surface area contributed by atoms with Gasteiger partial charge in [0.1, 0.15) is 5.69 Å². The van der Waals surface area contributed by atoms with E-state index in [2.05, 4.69) is 20.8 Å². The average molecular weight is 602 g/mol. The smallest absolute Gasteiger partial charge is 0.270 e. The minimum atomic E-state index is -2.67. The zero-order valence-corrected chi connectivity index (χ0v) is 24.0. The number of hydrogen-bond donors (Lipinski definition) is 2. The van der Waals surface area contributed by atoms with Gasteiger partial charge in [-0.15, -0.1) is 0 Å². The van der Waals surface area contributed by atoms with E-state index >= 15 is 0 Å². The Hall–Kier alpha value is -3.51. The van der Waals surface area contributed by atoms with E-state index in [9.17, 15) is 27.2 Å². The largest absolute Gasteiger partial charge is 0.349 e. The summed E-state index contributed by atoms with van der Waals surface area (Å²) < 4.78 is 57.9. The summed E-state index contributed by atoms with van der Waals surface area (Å²) in [5, 5.41) is 14.9. The zero-order chi connectivity index (χ0) is 30.3. The number of fused-ring (bicyclic) bond motifs is 2. The molecule has 9 nitrogen and oxygen atoms in total. The zero-order valence-electron chi connectivity index (χ0n) is 24.0. The summed E-state index contributed by atoms with van der Waals surface area (Å²) in [6.45, 7) is 3.84. The fourth-order valence-corrected chi connectivity index (χ4v) is 7.23. The van der Waals surface area contributed by atoms with Crippen LogP contribution in [-0.2, 0) is 4.79 Å². The van der Waals surface area contributed by atoms with Crippen molar-refractivity contribution in [3.05, 3.63) is 47.7 Å². The quantitative estimate of drug-likeness (QED) is 0.308. The highest BCUT2D eigenvalue weighted by molar-refractivity contribution is 5.92. The van der Waals surface area contributed by atoms with Gasteiger partial charge in [0.2, 0.25) is 11.8 Å². The molecule has 0 aromatic carbocycles. The summed E-state index contributed by atoms with van der Waals surface area (Å²) in [4.78, 5) is 30.9. The topological polar surface area (TPSA) is 106 Å². The molecule has 7 rings (SSSR count). The van der Waals surface area contributed by atoms with E-state index in [1.165, 1.54) is 0 Å². The third kappa shape index (κ3) is 5.28. The molecule has 5 atom stereocenters. The van der Waals surface area contributed by atoms with Crippen LogP contribution in [0.15, 0.2) is 30.7 Å². The molecule has 0 bridgehead atoms. The maximum Gasteiger partial charge on any atom is 0.270 e. The number of halogens is 4. The summed E-state index contributed by atoms with van der Waals surface area (Å²) in [5.41, 5.74) is 2.18. The molecule has 2 unspecified atom stereocenters. The first-order valence-electron chi connectivity index (χ1n) is 15.1. The van der Waals surface area contributed by atoms with Gasteiger partial charge in [-0.2, -0.15) is 10.2 Å². The molecule has 4 fully saturated rings. The van der Waals surface area contributed by atoms with Gasteiger partial charge in [-0.05, 0) is 75.0 Å². The molecule has 3 heterocycles. The SMILES string of the molecule is CC(C)n1nccc1C(=O)N[C@H](c1cn2ncc(C(NC(=O)CC3CC(F)(F)C3)C3CC3)cc2n1)C1C[C@@H]2[C@H](C1)C2(F)F. The lowest BCUT2D eigenvalue weighted by Crippen LogP contribution is -2.39. The summed E-state index contributed by atoms with van der Waals surface area (Å²) in [7, 11) is 0. The number of carbonyl (C=O) groups excluding carboxylic acids is 2. The number of rotatable bonds is 10. The van der Waals surface area contributed by atoms with Crippen LogP contribution in [0.1, 0.15) is 98.7 Å². The number of nitrogens with zero attached hydrogens (tertiary/aromatic N) is 5. The van der Waals surface area contributed by atoms with Gasteiger partial charge in [-0.3, -0.25) is 14.3 Å². The van der Waals surface area contributed by atoms with Crippen LogP contribution < -0.4 is 10.6 Å². The molecule has 0 saturated heterocycles. The minimum Gasteiger partial charge on any atom is -0.349 e. The van der Waals surface area contributed by atoms with Crippen LogP contribution in [0.5, 0.6) is 0 Å². The van der Waals surface area contributed by atoms with Crippen molar-refractivity contribution in [2.24, 2.45) is 29.6 Å². The van der Waals surface area contributed by atoms with Crippen LogP contribution in [0.25, 0.3) is 5.65 Å². The second-order valence-corrected chi connectivity index (χ2v) is 13.3. The van der Waals surface area contributed by atoms with Gasteiger partial charge in [0.15, 0.2) is 5.65 Å². The highest BCUT2D eigenvalue weighted by atomic mass is 19.3. The minimum absolute atomic E-state index is 0.0422. The number of carbonyl (C=O) groups is 2. The molecule has 0 radical (unpaired) electrons. The van der Waals surface area contributed by atoms with Crippen LogP contribution in [0, 0.1) is 29.6 Å². The van der Waals surface area contributed by atoms with Crippen molar-refractivity contribution in [2.45, 2.75) is 88.8 Å². The van der Waals surface area contributed by atoms with Crippen molar-refractivity contribution < 1.29 is 27.2 Å². The van der Waals surface area contributed by atoms with Crippen molar-refractivity contribution in [1.82, 2.24) is 35.0 Å². The Morgan fingerprint density at radius 3 is 2.40 bits per heavy atom. The number of hydrogen-bond acceptors (Lipinski definition) is 5.